The largest absolute Gasteiger partial charge is 0.478 e. The number of aromatic carboxylic acids is 1. The molecule has 0 radical (unpaired) electrons. The lowest BCUT2D eigenvalue weighted by atomic mass is 10.3. The average Bonchev–Trinajstić information content (AvgIpc) is 3.16. The van der Waals surface area contributed by atoms with E-state index in [1.807, 2.05) is 29.2 Å². The first-order chi connectivity index (χ1) is 13.1. The van der Waals surface area contributed by atoms with Crippen molar-refractivity contribution in [3.05, 3.63) is 40.6 Å². The van der Waals surface area contributed by atoms with Crippen molar-refractivity contribution in [3.63, 3.8) is 0 Å². The molecule has 0 aliphatic carbocycles. The van der Waals surface area contributed by atoms with Crippen LogP contribution >= 0.6 is 11.3 Å². The molecule has 138 valence electrons. The first-order valence-corrected chi connectivity index (χ1v) is 9.26. The van der Waals surface area contributed by atoms with Crippen LogP contribution in [0.15, 0.2) is 35.0 Å². The SMILES string of the molecule is O=C(O)c1cscc1NC(=O)N1CCN(c2nnc3ccccc3n2)CC1. The number of hydrogen-bond donors (Lipinski definition) is 2. The standard InChI is InChI=1S/C17H16N6O3S/c24-15(25)11-9-27-10-14(11)19-17(26)23-7-5-22(6-8-23)16-18-12-3-1-2-4-13(12)20-21-16/h1-4,9-10H,5-8H2,(H,19,26)(H,24,25). The first kappa shape index (κ1) is 17.2. The molecule has 1 aliphatic heterocycles. The van der Waals surface area contributed by atoms with Gasteiger partial charge >= 0.3 is 12.0 Å². The summed E-state index contributed by atoms with van der Waals surface area (Å²) in [5, 5.41) is 23.3. The van der Waals surface area contributed by atoms with Crippen molar-refractivity contribution in [1.29, 1.82) is 0 Å². The summed E-state index contributed by atoms with van der Waals surface area (Å²) >= 11 is 1.24. The Morgan fingerprint density at radius 1 is 1.04 bits per heavy atom. The highest BCUT2D eigenvalue weighted by atomic mass is 32.1. The minimum Gasteiger partial charge on any atom is -0.478 e. The lowest BCUT2D eigenvalue weighted by Crippen LogP contribution is -2.50. The number of carbonyl (C=O) groups is 2. The van der Waals surface area contributed by atoms with E-state index in [0.717, 1.165) is 11.0 Å². The number of nitrogens with one attached hydrogen (secondary N) is 1. The lowest BCUT2D eigenvalue weighted by Gasteiger charge is -2.34. The number of carboxylic acid groups (broad SMARTS) is 1. The summed E-state index contributed by atoms with van der Waals surface area (Å²) in [6.07, 6.45) is 0. The van der Waals surface area contributed by atoms with E-state index in [-0.39, 0.29) is 11.6 Å². The molecule has 2 amide bonds. The third-order valence-electron chi connectivity index (χ3n) is 4.33. The number of rotatable bonds is 3. The second-order valence-electron chi connectivity index (χ2n) is 6.01. The van der Waals surface area contributed by atoms with Crippen LogP contribution in [0.3, 0.4) is 0 Å². The second-order valence-corrected chi connectivity index (χ2v) is 6.75. The van der Waals surface area contributed by atoms with Crippen LogP contribution in [0.2, 0.25) is 0 Å². The van der Waals surface area contributed by atoms with E-state index < -0.39 is 5.97 Å². The number of aromatic nitrogens is 3. The highest BCUT2D eigenvalue weighted by Gasteiger charge is 2.24. The van der Waals surface area contributed by atoms with Crippen LogP contribution in [0, 0.1) is 0 Å². The predicted octanol–water partition coefficient (Wildman–Crippen LogP) is 2.14. The molecular weight excluding hydrogens is 368 g/mol. The van der Waals surface area contributed by atoms with Gasteiger partial charge in [0.2, 0.25) is 5.95 Å². The van der Waals surface area contributed by atoms with Crippen molar-refractivity contribution in [2.24, 2.45) is 0 Å². The summed E-state index contributed by atoms with van der Waals surface area (Å²) in [6, 6.07) is 7.22. The van der Waals surface area contributed by atoms with Crippen molar-refractivity contribution in [1.82, 2.24) is 20.1 Å². The van der Waals surface area contributed by atoms with Crippen LogP contribution < -0.4 is 10.2 Å². The quantitative estimate of drug-likeness (QED) is 0.711. The Morgan fingerprint density at radius 2 is 1.78 bits per heavy atom. The molecule has 1 saturated heterocycles. The number of piperazine rings is 1. The van der Waals surface area contributed by atoms with Gasteiger partial charge in [0.1, 0.15) is 5.52 Å². The smallest absolute Gasteiger partial charge is 0.338 e. The Labute approximate surface area is 158 Å². The van der Waals surface area contributed by atoms with E-state index in [9.17, 15) is 9.59 Å². The van der Waals surface area contributed by atoms with Crippen molar-refractivity contribution >= 4 is 46.0 Å². The molecular formula is C17H16N6O3S. The minimum atomic E-state index is -1.06. The van der Waals surface area contributed by atoms with Crippen LogP contribution in [-0.4, -0.2) is 63.4 Å². The molecule has 10 heteroatoms. The maximum Gasteiger partial charge on any atom is 0.338 e. The van der Waals surface area contributed by atoms with Crippen LogP contribution in [0.5, 0.6) is 0 Å². The van der Waals surface area contributed by atoms with Gasteiger partial charge in [-0.1, -0.05) is 12.1 Å². The third-order valence-corrected chi connectivity index (χ3v) is 5.08. The predicted molar refractivity (Wildman–Crippen MR) is 101 cm³/mol. The van der Waals surface area contributed by atoms with Gasteiger partial charge in [0.25, 0.3) is 0 Å². The summed E-state index contributed by atoms with van der Waals surface area (Å²) < 4.78 is 0. The molecule has 2 N–H and O–H groups in total. The number of thiophene rings is 1. The molecule has 2 aromatic heterocycles. The fourth-order valence-corrected chi connectivity index (χ4v) is 3.62. The zero-order valence-electron chi connectivity index (χ0n) is 14.2. The summed E-state index contributed by atoms with van der Waals surface area (Å²) in [6.45, 7) is 2.11. The van der Waals surface area contributed by atoms with E-state index in [2.05, 4.69) is 20.5 Å². The van der Waals surface area contributed by atoms with Crippen LogP contribution in [-0.2, 0) is 0 Å². The summed E-state index contributed by atoms with van der Waals surface area (Å²) in [5.41, 5.74) is 1.94. The maximum atomic E-state index is 12.4. The molecule has 0 spiro atoms. The number of nitrogens with zero attached hydrogens (tertiary/aromatic N) is 5. The van der Waals surface area contributed by atoms with Crippen molar-refractivity contribution < 1.29 is 14.7 Å². The molecule has 3 aromatic rings. The molecule has 0 atom stereocenters. The Kier molecular flexibility index (Phi) is 4.55. The number of amides is 2. The first-order valence-electron chi connectivity index (χ1n) is 8.31. The summed E-state index contributed by atoms with van der Waals surface area (Å²) in [5.74, 6) is -0.517. The Morgan fingerprint density at radius 3 is 2.52 bits per heavy atom. The van der Waals surface area contributed by atoms with E-state index in [4.69, 9.17) is 5.11 Å². The second kappa shape index (κ2) is 7.16. The number of anilines is 2. The van der Waals surface area contributed by atoms with E-state index in [1.54, 1.807) is 10.3 Å². The van der Waals surface area contributed by atoms with Gasteiger partial charge in [0.15, 0.2) is 0 Å². The minimum absolute atomic E-state index is 0.0997. The van der Waals surface area contributed by atoms with Gasteiger partial charge in [-0.15, -0.1) is 21.5 Å². The highest BCUT2D eigenvalue weighted by molar-refractivity contribution is 7.08. The third kappa shape index (κ3) is 3.51. The number of carbonyl (C=O) groups excluding carboxylic acids is 1. The fraction of sp³-hybridized carbons (Fsp3) is 0.235. The summed E-state index contributed by atoms with van der Waals surface area (Å²) in [4.78, 5) is 31.7. The van der Waals surface area contributed by atoms with E-state index >= 15 is 0 Å². The van der Waals surface area contributed by atoms with Gasteiger partial charge < -0.3 is 20.2 Å². The number of hydrogen-bond acceptors (Lipinski definition) is 7. The maximum absolute atomic E-state index is 12.4. The van der Waals surface area contributed by atoms with Crippen molar-refractivity contribution in [2.75, 3.05) is 36.4 Å². The Balaban J connectivity index is 1.40. The number of carboxylic acids is 1. The molecule has 27 heavy (non-hydrogen) atoms. The van der Waals surface area contributed by atoms with Crippen molar-refractivity contribution in [3.8, 4) is 0 Å². The van der Waals surface area contributed by atoms with Crippen molar-refractivity contribution in [2.45, 2.75) is 0 Å². The fourth-order valence-electron chi connectivity index (χ4n) is 2.87. The molecule has 1 aromatic carbocycles. The van der Waals surface area contributed by atoms with Gasteiger partial charge in [-0.05, 0) is 12.1 Å². The Hall–Kier alpha value is -3.27. The van der Waals surface area contributed by atoms with Gasteiger partial charge in [-0.2, -0.15) is 0 Å². The molecule has 0 saturated carbocycles. The molecule has 0 unspecified atom stereocenters. The van der Waals surface area contributed by atoms with Gasteiger partial charge in [0.05, 0.1) is 16.8 Å². The number of urea groups is 1. The molecule has 3 heterocycles. The zero-order chi connectivity index (χ0) is 18.8. The lowest BCUT2D eigenvalue weighted by molar-refractivity contribution is 0.0698. The summed E-state index contributed by atoms with van der Waals surface area (Å²) in [7, 11) is 0. The van der Waals surface area contributed by atoms with Crippen LogP contribution in [0.4, 0.5) is 16.4 Å². The van der Waals surface area contributed by atoms with E-state index in [1.165, 1.54) is 16.7 Å². The normalized spacial score (nSPS) is 14.4. The monoisotopic (exact) mass is 384 g/mol. The number of fused-ring (bicyclic) bond motifs is 1. The molecule has 1 fully saturated rings. The molecule has 1 aliphatic rings. The van der Waals surface area contributed by atoms with Crippen LogP contribution in [0.1, 0.15) is 10.4 Å². The van der Waals surface area contributed by atoms with Crippen LogP contribution in [0.25, 0.3) is 11.0 Å². The number of para-hydroxylation sites is 1. The molecule has 4 rings (SSSR count). The van der Waals surface area contributed by atoms with E-state index in [0.29, 0.717) is 37.8 Å². The molecule has 0 bridgehead atoms. The average molecular weight is 384 g/mol. The molecule has 9 nitrogen and oxygen atoms in total. The van der Waals surface area contributed by atoms with Gasteiger partial charge in [-0.3, -0.25) is 0 Å². The highest BCUT2D eigenvalue weighted by Crippen LogP contribution is 2.22. The Bertz CT molecular complexity index is 999. The number of benzene rings is 1. The van der Waals surface area contributed by atoms with Gasteiger partial charge in [-0.25, -0.2) is 14.6 Å². The van der Waals surface area contributed by atoms with Gasteiger partial charge in [0, 0.05) is 36.9 Å². The zero-order valence-corrected chi connectivity index (χ0v) is 15.0. The topological polar surface area (TPSA) is 112 Å².